The zero-order valence-electron chi connectivity index (χ0n) is 29.2. The molecule has 1 aliphatic heterocycles. The Morgan fingerprint density at radius 1 is 0.956 bits per heavy atom. The molecular formula is C36H54N2O6Si. The van der Waals surface area contributed by atoms with Crippen molar-refractivity contribution in [3.05, 3.63) is 65.2 Å². The summed E-state index contributed by atoms with van der Waals surface area (Å²) >= 11 is 0. The Morgan fingerprint density at radius 3 is 2.18 bits per heavy atom. The topological polar surface area (TPSA) is 94.2 Å². The molecule has 0 bridgehead atoms. The summed E-state index contributed by atoms with van der Waals surface area (Å²) in [7, 11) is -2.05. The lowest BCUT2D eigenvalue weighted by molar-refractivity contribution is -0.156. The third kappa shape index (κ3) is 9.91. The number of ether oxygens (including phenoxy) is 2. The summed E-state index contributed by atoms with van der Waals surface area (Å²) in [4.78, 5) is 42.5. The predicted octanol–water partition coefficient (Wildman–Crippen LogP) is 7.52. The molecule has 248 valence electrons. The molecule has 8 nitrogen and oxygen atoms in total. The molecule has 2 aromatic carbocycles. The van der Waals surface area contributed by atoms with Gasteiger partial charge in [0.2, 0.25) is 0 Å². The van der Waals surface area contributed by atoms with Gasteiger partial charge in [0.05, 0.1) is 23.9 Å². The van der Waals surface area contributed by atoms with Crippen molar-refractivity contribution < 1.29 is 28.3 Å². The molecule has 1 amide bonds. The lowest BCUT2D eigenvalue weighted by Crippen LogP contribution is -2.51. The first-order valence-corrected chi connectivity index (χ1v) is 18.9. The first-order chi connectivity index (χ1) is 20.7. The summed E-state index contributed by atoms with van der Waals surface area (Å²) in [5, 5.41) is 3.22. The van der Waals surface area contributed by atoms with Gasteiger partial charge in [-0.1, -0.05) is 71.9 Å². The van der Waals surface area contributed by atoms with E-state index in [2.05, 4.69) is 60.0 Å². The third-order valence-corrected chi connectivity index (χ3v) is 13.2. The van der Waals surface area contributed by atoms with Crippen LogP contribution in [-0.4, -0.2) is 57.0 Å². The van der Waals surface area contributed by atoms with E-state index in [1.807, 2.05) is 56.0 Å². The summed E-state index contributed by atoms with van der Waals surface area (Å²) in [6.07, 6.45) is 1.38. The minimum atomic E-state index is -2.05. The highest BCUT2D eigenvalue weighted by Gasteiger charge is 2.40. The Bertz CT molecular complexity index is 1340. The second kappa shape index (κ2) is 14.1. The van der Waals surface area contributed by atoms with E-state index in [9.17, 15) is 14.4 Å². The number of carbonyl (C=O) groups is 3. The molecular weight excluding hydrogens is 584 g/mol. The Kier molecular flexibility index (Phi) is 11.4. The maximum absolute atomic E-state index is 13.7. The minimum Gasteiger partial charge on any atom is -0.458 e. The zero-order chi connectivity index (χ0) is 33.8. The van der Waals surface area contributed by atoms with Gasteiger partial charge in [0, 0.05) is 12.1 Å². The minimum absolute atomic E-state index is 0.0387. The van der Waals surface area contributed by atoms with Crippen LogP contribution < -0.4 is 10.2 Å². The van der Waals surface area contributed by atoms with E-state index in [1.54, 1.807) is 18.2 Å². The maximum Gasteiger partial charge on any atom is 0.340 e. The molecule has 3 rings (SSSR count). The van der Waals surface area contributed by atoms with E-state index in [4.69, 9.17) is 13.9 Å². The fourth-order valence-corrected chi connectivity index (χ4v) is 5.84. The van der Waals surface area contributed by atoms with Crippen molar-refractivity contribution in [2.24, 2.45) is 5.41 Å². The van der Waals surface area contributed by atoms with E-state index in [1.165, 1.54) is 0 Å². The number of nitrogens with zero attached hydrogens (tertiary/aromatic N) is 1. The van der Waals surface area contributed by atoms with Crippen molar-refractivity contribution in [1.82, 2.24) is 5.32 Å². The van der Waals surface area contributed by atoms with Crippen LogP contribution in [0.5, 0.6) is 0 Å². The number of carbonyl (C=O) groups excluding carboxylic acids is 3. The molecule has 0 saturated carbocycles. The Labute approximate surface area is 271 Å². The van der Waals surface area contributed by atoms with Crippen molar-refractivity contribution in [2.75, 3.05) is 18.1 Å². The van der Waals surface area contributed by atoms with Crippen molar-refractivity contribution in [1.29, 1.82) is 0 Å². The van der Waals surface area contributed by atoms with Crippen molar-refractivity contribution in [3.63, 3.8) is 0 Å². The molecule has 0 radical (unpaired) electrons. The van der Waals surface area contributed by atoms with Gasteiger partial charge in [-0.2, -0.15) is 0 Å². The van der Waals surface area contributed by atoms with E-state index in [0.29, 0.717) is 30.8 Å². The standard InChI is InChI=1S/C36H54N2O6Si/c1-34(2,3)30(24-43-45(10,11)36(7,8)9)37-31(39)26-19-20-28(38-21-15-18-29(38)33(41)44-35(4,5)6)27(22-26)32(40)42-23-25-16-13-12-14-17-25/h12-14,16-17,19-20,22,29-30H,15,18,21,23-24H2,1-11H3,(H,37,39)/t29-,30+/m0/s1. The van der Waals surface area contributed by atoms with Crippen LogP contribution in [0.15, 0.2) is 48.5 Å². The first kappa shape index (κ1) is 36.3. The molecule has 2 atom stereocenters. The van der Waals surface area contributed by atoms with E-state index in [-0.39, 0.29) is 40.5 Å². The Morgan fingerprint density at radius 2 is 1.60 bits per heavy atom. The average molecular weight is 639 g/mol. The third-order valence-electron chi connectivity index (χ3n) is 8.70. The van der Waals surface area contributed by atoms with Crippen LogP contribution in [-0.2, 0) is 25.3 Å². The number of hydrogen-bond acceptors (Lipinski definition) is 7. The predicted molar refractivity (Wildman–Crippen MR) is 182 cm³/mol. The van der Waals surface area contributed by atoms with Crippen LogP contribution in [0.2, 0.25) is 18.1 Å². The van der Waals surface area contributed by atoms with Gasteiger partial charge in [-0.3, -0.25) is 4.79 Å². The van der Waals surface area contributed by atoms with Crippen molar-refractivity contribution in [2.45, 2.75) is 118 Å². The maximum atomic E-state index is 13.7. The van der Waals surface area contributed by atoms with E-state index >= 15 is 0 Å². The highest BCUT2D eigenvalue weighted by molar-refractivity contribution is 6.74. The van der Waals surface area contributed by atoms with Crippen LogP contribution in [0.4, 0.5) is 5.69 Å². The van der Waals surface area contributed by atoms with Gasteiger partial charge >= 0.3 is 11.9 Å². The molecule has 9 heteroatoms. The summed E-state index contributed by atoms with van der Waals surface area (Å²) < 4.78 is 18.0. The quantitative estimate of drug-likeness (QED) is 0.213. The van der Waals surface area contributed by atoms with Crippen LogP contribution in [0.1, 0.15) is 101 Å². The number of hydrogen-bond donors (Lipinski definition) is 1. The van der Waals surface area contributed by atoms with Crippen molar-refractivity contribution >= 4 is 31.9 Å². The van der Waals surface area contributed by atoms with Crippen LogP contribution in [0.25, 0.3) is 0 Å². The van der Waals surface area contributed by atoms with Gasteiger partial charge in [-0.25, -0.2) is 9.59 Å². The van der Waals surface area contributed by atoms with Gasteiger partial charge in [-0.15, -0.1) is 0 Å². The fourth-order valence-electron chi connectivity index (χ4n) is 4.82. The summed E-state index contributed by atoms with van der Waals surface area (Å²) in [6, 6.07) is 13.7. The summed E-state index contributed by atoms with van der Waals surface area (Å²) in [5.74, 6) is -1.20. The average Bonchev–Trinajstić information content (AvgIpc) is 3.42. The molecule has 2 aromatic rings. The molecule has 45 heavy (non-hydrogen) atoms. The second-order valence-electron chi connectivity index (χ2n) is 15.6. The number of benzene rings is 2. The Hall–Kier alpha value is -3.17. The number of nitrogens with one attached hydrogen (secondary N) is 1. The largest absolute Gasteiger partial charge is 0.458 e. The first-order valence-electron chi connectivity index (χ1n) is 16.0. The van der Waals surface area contributed by atoms with Gasteiger partial charge in [0.1, 0.15) is 18.2 Å². The van der Waals surface area contributed by atoms with E-state index in [0.717, 1.165) is 12.0 Å². The monoisotopic (exact) mass is 638 g/mol. The molecule has 1 aliphatic rings. The molecule has 0 spiro atoms. The zero-order valence-corrected chi connectivity index (χ0v) is 30.2. The van der Waals surface area contributed by atoms with E-state index < -0.39 is 25.9 Å². The lowest BCUT2D eigenvalue weighted by atomic mass is 9.87. The van der Waals surface area contributed by atoms with Gasteiger partial charge < -0.3 is 24.1 Å². The molecule has 1 fully saturated rings. The second-order valence-corrected chi connectivity index (χ2v) is 20.5. The van der Waals surface area contributed by atoms with Gasteiger partial charge in [0.25, 0.3) is 5.91 Å². The van der Waals surface area contributed by atoms with Gasteiger partial charge in [0.15, 0.2) is 8.32 Å². The smallest absolute Gasteiger partial charge is 0.340 e. The highest BCUT2D eigenvalue weighted by atomic mass is 28.4. The van der Waals surface area contributed by atoms with Gasteiger partial charge in [-0.05, 0) is 80.9 Å². The van der Waals surface area contributed by atoms with Crippen molar-refractivity contribution in [3.8, 4) is 0 Å². The number of anilines is 1. The SMILES string of the molecule is CC(C)(C)OC(=O)[C@@H]1CCCN1c1ccc(C(=O)N[C@H](CO[Si](C)(C)C(C)(C)C)C(C)(C)C)cc1C(=O)OCc1ccccc1. The highest BCUT2D eigenvalue weighted by Crippen LogP contribution is 2.37. The number of esters is 2. The lowest BCUT2D eigenvalue weighted by Gasteiger charge is -2.39. The fraction of sp³-hybridized carbons (Fsp3) is 0.583. The van der Waals surface area contributed by atoms with Crippen LogP contribution in [0, 0.1) is 5.41 Å². The van der Waals surface area contributed by atoms with Crippen LogP contribution >= 0.6 is 0 Å². The Balaban J connectivity index is 1.93. The van der Waals surface area contributed by atoms with Crippen LogP contribution in [0.3, 0.4) is 0 Å². The summed E-state index contributed by atoms with van der Waals surface area (Å²) in [6.45, 7) is 23.8. The molecule has 1 N–H and O–H groups in total. The molecule has 0 unspecified atom stereocenters. The summed E-state index contributed by atoms with van der Waals surface area (Å²) in [5.41, 5.74) is 1.06. The molecule has 0 aromatic heterocycles. The molecule has 1 saturated heterocycles. The number of amides is 1. The molecule has 1 heterocycles. The normalized spacial score (nSPS) is 16.7. The number of rotatable bonds is 10. The molecule has 0 aliphatic carbocycles.